The number of ether oxygens (including phenoxy) is 1. The molecular weight excluding hydrogens is 386 g/mol. The van der Waals surface area contributed by atoms with Gasteiger partial charge in [0.05, 0.1) is 0 Å². The first kappa shape index (κ1) is 21.5. The number of benzene rings is 2. The molecule has 0 radical (unpaired) electrons. The molecule has 2 atom stereocenters. The van der Waals surface area contributed by atoms with Gasteiger partial charge in [0.1, 0.15) is 5.75 Å². The Kier molecular flexibility index (Phi) is 7.40. The second-order valence-corrected chi connectivity index (χ2v) is 8.06. The summed E-state index contributed by atoms with van der Waals surface area (Å²) in [7, 11) is 0. The maximum atomic E-state index is 12.5. The first-order valence-corrected chi connectivity index (χ1v) is 10.6. The van der Waals surface area contributed by atoms with Gasteiger partial charge in [0.25, 0.3) is 5.91 Å². The van der Waals surface area contributed by atoms with Crippen LogP contribution in [0, 0.1) is 6.92 Å². The van der Waals surface area contributed by atoms with E-state index in [9.17, 15) is 4.79 Å². The maximum Gasteiger partial charge on any atom is 0.260 e. The van der Waals surface area contributed by atoms with Gasteiger partial charge in [0.15, 0.2) is 6.10 Å². The number of amides is 1. The topological polar surface area (TPSA) is 44.8 Å². The molecule has 29 heavy (non-hydrogen) atoms. The first-order chi connectivity index (χ1) is 13.9. The molecule has 1 amide bonds. The van der Waals surface area contributed by atoms with Crippen molar-refractivity contribution in [3.63, 3.8) is 0 Å². The number of aryl methyl sites for hydroxylation is 1. The Morgan fingerprint density at radius 2 is 1.79 bits per heavy atom. The van der Waals surface area contributed by atoms with Crippen LogP contribution in [-0.4, -0.2) is 55.7 Å². The maximum absolute atomic E-state index is 12.5. The number of rotatable bonds is 7. The van der Waals surface area contributed by atoms with Crippen molar-refractivity contribution in [3.05, 3.63) is 59.1 Å². The lowest BCUT2D eigenvalue weighted by atomic mass is 10.2. The molecule has 1 N–H and O–H groups in total. The smallest absolute Gasteiger partial charge is 0.260 e. The summed E-state index contributed by atoms with van der Waals surface area (Å²) in [6.45, 7) is 10.4. The highest BCUT2D eigenvalue weighted by Crippen LogP contribution is 2.23. The molecule has 1 heterocycles. The van der Waals surface area contributed by atoms with Gasteiger partial charge in [-0.3, -0.25) is 9.69 Å². The van der Waals surface area contributed by atoms with Crippen LogP contribution in [0.2, 0.25) is 5.02 Å². The van der Waals surface area contributed by atoms with Crippen molar-refractivity contribution in [2.45, 2.75) is 32.9 Å². The third-order valence-electron chi connectivity index (χ3n) is 5.44. The quantitative estimate of drug-likeness (QED) is 0.748. The summed E-state index contributed by atoms with van der Waals surface area (Å²) >= 11 is 5.98. The predicted octanol–water partition coefficient (Wildman–Crippen LogP) is 3.74. The fourth-order valence-electron chi connectivity index (χ4n) is 3.57. The van der Waals surface area contributed by atoms with Crippen molar-refractivity contribution in [1.82, 2.24) is 10.2 Å². The highest BCUT2D eigenvalue weighted by atomic mass is 35.5. The number of anilines is 1. The summed E-state index contributed by atoms with van der Waals surface area (Å²) in [5.74, 6) is 0.580. The van der Waals surface area contributed by atoms with Gasteiger partial charge in [-0.05, 0) is 56.7 Å². The Hall–Kier alpha value is -2.24. The van der Waals surface area contributed by atoms with E-state index in [1.165, 1.54) is 5.69 Å². The van der Waals surface area contributed by atoms with Gasteiger partial charge >= 0.3 is 0 Å². The third-order valence-corrected chi connectivity index (χ3v) is 5.68. The lowest BCUT2D eigenvalue weighted by Gasteiger charge is -2.39. The molecule has 0 saturated carbocycles. The molecule has 2 aromatic rings. The zero-order valence-corrected chi connectivity index (χ0v) is 18.2. The van der Waals surface area contributed by atoms with Crippen molar-refractivity contribution < 1.29 is 9.53 Å². The number of hydrogen-bond donors (Lipinski definition) is 1. The van der Waals surface area contributed by atoms with Crippen LogP contribution in [0.4, 0.5) is 5.69 Å². The highest BCUT2D eigenvalue weighted by molar-refractivity contribution is 6.30. The van der Waals surface area contributed by atoms with E-state index in [4.69, 9.17) is 16.3 Å². The van der Waals surface area contributed by atoms with Crippen LogP contribution in [-0.2, 0) is 4.79 Å². The average Bonchev–Trinajstić information content (AvgIpc) is 2.74. The summed E-state index contributed by atoms with van der Waals surface area (Å²) in [5.41, 5.74) is 2.19. The normalized spacial score (nSPS) is 16.9. The van der Waals surface area contributed by atoms with E-state index in [1.807, 2.05) is 19.1 Å². The van der Waals surface area contributed by atoms with Crippen LogP contribution in [0.1, 0.15) is 19.4 Å². The molecule has 2 aromatic carbocycles. The standard InChI is InChI=1S/C23H30ClN3O2/c1-17-15-20(24)9-10-22(17)29-19(3)23(28)25-16-18(2)26-11-13-27(14-12-26)21-7-5-4-6-8-21/h4-10,15,18-19H,11-14,16H2,1-3H3,(H,25,28)/t18-,19+/m1/s1. The SMILES string of the molecule is Cc1cc(Cl)ccc1O[C@@H](C)C(=O)NC[C@@H](C)N1CCN(c2ccccc2)CC1. The molecule has 1 saturated heterocycles. The summed E-state index contributed by atoms with van der Waals surface area (Å²) < 4.78 is 5.81. The van der Waals surface area contributed by atoms with Gasteiger partial charge in [-0.15, -0.1) is 0 Å². The van der Waals surface area contributed by atoms with E-state index in [1.54, 1.807) is 19.1 Å². The molecule has 0 bridgehead atoms. The minimum atomic E-state index is -0.558. The number of para-hydroxylation sites is 1. The number of nitrogens with one attached hydrogen (secondary N) is 1. The fraction of sp³-hybridized carbons (Fsp3) is 0.435. The van der Waals surface area contributed by atoms with Gasteiger partial charge in [-0.25, -0.2) is 0 Å². The Bertz CT molecular complexity index is 807. The number of nitrogens with zero attached hydrogens (tertiary/aromatic N) is 2. The lowest BCUT2D eigenvalue weighted by molar-refractivity contribution is -0.127. The van der Waals surface area contributed by atoms with E-state index < -0.39 is 6.10 Å². The van der Waals surface area contributed by atoms with E-state index in [0.717, 1.165) is 31.7 Å². The second-order valence-electron chi connectivity index (χ2n) is 7.62. The van der Waals surface area contributed by atoms with Crippen molar-refractivity contribution in [2.24, 2.45) is 0 Å². The van der Waals surface area contributed by atoms with Gasteiger partial charge in [-0.2, -0.15) is 0 Å². The molecule has 0 spiro atoms. The minimum Gasteiger partial charge on any atom is -0.481 e. The van der Waals surface area contributed by atoms with Gasteiger partial charge < -0.3 is 15.0 Å². The Morgan fingerprint density at radius 3 is 2.45 bits per heavy atom. The van der Waals surface area contributed by atoms with Crippen molar-refractivity contribution in [1.29, 1.82) is 0 Å². The molecule has 0 aromatic heterocycles. The summed E-state index contributed by atoms with van der Waals surface area (Å²) in [6, 6.07) is 16.2. The molecule has 6 heteroatoms. The van der Waals surface area contributed by atoms with Crippen molar-refractivity contribution >= 4 is 23.2 Å². The molecule has 3 rings (SSSR count). The average molecular weight is 416 g/mol. The van der Waals surface area contributed by atoms with E-state index in [-0.39, 0.29) is 11.9 Å². The molecule has 1 aliphatic heterocycles. The van der Waals surface area contributed by atoms with Crippen LogP contribution in [0.5, 0.6) is 5.75 Å². The third kappa shape index (κ3) is 5.87. The van der Waals surface area contributed by atoms with Gasteiger partial charge in [0.2, 0.25) is 0 Å². The number of carbonyl (C=O) groups excluding carboxylic acids is 1. The first-order valence-electron chi connectivity index (χ1n) is 10.2. The number of carbonyl (C=O) groups is 1. The van der Waals surface area contributed by atoms with Crippen LogP contribution < -0.4 is 15.0 Å². The molecule has 156 valence electrons. The molecule has 0 unspecified atom stereocenters. The number of piperazine rings is 1. The second kappa shape index (κ2) is 9.99. The number of halogens is 1. The largest absolute Gasteiger partial charge is 0.481 e. The molecule has 5 nitrogen and oxygen atoms in total. The molecule has 1 aliphatic rings. The Morgan fingerprint density at radius 1 is 1.10 bits per heavy atom. The molecule has 0 aliphatic carbocycles. The minimum absolute atomic E-state index is 0.103. The van der Waals surface area contributed by atoms with Crippen LogP contribution >= 0.6 is 11.6 Å². The lowest BCUT2D eigenvalue weighted by Crippen LogP contribution is -2.53. The van der Waals surface area contributed by atoms with Gasteiger partial charge in [-0.1, -0.05) is 29.8 Å². The Labute approximate surface area is 178 Å². The van der Waals surface area contributed by atoms with Crippen molar-refractivity contribution in [2.75, 3.05) is 37.6 Å². The van der Waals surface area contributed by atoms with Crippen LogP contribution in [0.15, 0.2) is 48.5 Å². The van der Waals surface area contributed by atoms with Crippen LogP contribution in [0.3, 0.4) is 0 Å². The van der Waals surface area contributed by atoms with E-state index in [2.05, 4.69) is 46.3 Å². The molecule has 1 fully saturated rings. The highest BCUT2D eigenvalue weighted by Gasteiger charge is 2.23. The summed E-state index contributed by atoms with van der Waals surface area (Å²) in [5, 5.41) is 3.69. The number of hydrogen-bond acceptors (Lipinski definition) is 4. The van der Waals surface area contributed by atoms with E-state index >= 15 is 0 Å². The van der Waals surface area contributed by atoms with Gasteiger partial charge in [0, 0.05) is 49.5 Å². The fourth-order valence-corrected chi connectivity index (χ4v) is 3.80. The monoisotopic (exact) mass is 415 g/mol. The zero-order chi connectivity index (χ0) is 20.8. The van der Waals surface area contributed by atoms with E-state index in [0.29, 0.717) is 17.3 Å². The summed E-state index contributed by atoms with van der Waals surface area (Å²) in [4.78, 5) is 17.3. The molecular formula is C23H30ClN3O2. The summed E-state index contributed by atoms with van der Waals surface area (Å²) in [6.07, 6.45) is -0.558. The van der Waals surface area contributed by atoms with Crippen LogP contribution in [0.25, 0.3) is 0 Å². The van der Waals surface area contributed by atoms with Crippen molar-refractivity contribution in [3.8, 4) is 5.75 Å². The zero-order valence-electron chi connectivity index (χ0n) is 17.4. The predicted molar refractivity (Wildman–Crippen MR) is 119 cm³/mol. The Balaban J connectivity index is 1.43.